The average molecular weight is 393 g/mol. The zero-order chi connectivity index (χ0) is 12.2. The van der Waals surface area contributed by atoms with Gasteiger partial charge >= 0.3 is 124 Å². The van der Waals surface area contributed by atoms with Crippen molar-refractivity contribution in [2.24, 2.45) is 0 Å². The molecule has 0 aliphatic carbocycles. The first-order valence-corrected chi connectivity index (χ1v) is 11.5. The van der Waals surface area contributed by atoms with E-state index in [2.05, 4.69) is 20.8 Å². The van der Waals surface area contributed by atoms with Crippen LogP contribution in [0.15, 0.2) is 7.73 Å². The fourth-order valence-electron chi connectivity index (χ4n) is 0.960. The van der Waals surface area contributed by atoms with Crippen molar-refractivity contribution in [2.75, 3.05) is 5.75 Å². The van der Waals surface area contributed by atoms with E-state index in [4.69, 9.17) is 11.6 Å². The Morgan fingerprint density at radius 2 is 1.56 bits per heavy atom. The molecule has 0 nitrogen and oxygen atoms in total. The van der Waals surface area contributed by atoms with Gasteiger partial charge in [0.15, 0.2) is 0 Å². The quantitative estimate of drug-likeness (QED) is 0.374. The summed E-state index contributed by atoms with van der Waals surface area (Å²) in [6.45, 7) is 6.74. The molecule has 0 rings (SSSR count). The van der Waals surface area contributed by atoms with Gasteiger partial charge in [-0.05, 0) is 0 Å². The fraction of sp³-hybridized carbons (Fsp3) is 0.833. The summed E-state index contributed by atoms with van der Waals surface area (Å²) in [5.74, 6) is 1.17. The first-order chi connectivity index (χ1) is 7.76. The maximum absolute atomic E-state index is 6.44. The van der Waals surface area contributed by atoms with Crippen LogP contribution < -0.4 is 0 Å². The molecule has 96 valence electrons. The molecule has 0 spiro atoms. The molecule has 0 bridgehead atoms. The summed E-state index contributed by atoms with van der Waals surface area (Å²) >= 11 is 9.61. The van der Waals surface area contributed by atoms with Crippen LogP contribution in [0.1, 0.15) is 46.5 Å². The molecule has 0 aromatic carbocycles. The molecule has 0 aromatic rings. The third-order valence-electron chi connectivity index (χ3n) is 1.89. The summed E-state index contributed by atoms with van der Waals surface area (Å²) in [5.41, 5.74) is 0. The Labute approximate surface area is 123 Å². The van der Waals surface area contributed by atoms with Crippen molar-refractivity contribution >= 4 is 53.3 Å². The van der Waals surface area contributed by atoms with E-state index in [-0.39, 0.29) is 0 Å². The Kier molecular flexibility index (Phi) is 14.0. The van der Waals surface area contributed by atoms with Gasteiger partial charge in [-0.2, -0.15) is 0 Å². The molecule has 16 heavy (non-hydrogen) atoms. The van der Waals surface area contributed by atoms with Crippen molar-refractivity contribution in [2.45, 2.75) is 57.1 Å². The molecule has 0 aliphatic rings. The van der Waals surface area contributed by atoms with Crippen molar-refractivity contribution in [1.29, 1.82) is 0 Å². The molecule has 0 N–H and O–H groups in total. The van der Waals surface area contributed by atoms with Crippen LogP contribution in [0.2, 0.25) is 10.6 Å². The molecule has 0 fully saturated rings. The van der Waals surface area contributed by atoms with E-state index in [0.717, 1.165) is 0 Å². The topological polar surface area (TPSA) is 0 Å². The molecule has 0 unspecified atom stereocenters. The van der Waals surface area contributed by atoms with E-state index in [1.807, 2.05) is 11.8 Å². The predicted octanol–water partition coefficient (Wildman–Crippen LogP) is 4.95. The Balaban J connectivity index is 4.05. The van der Waals surface area contributed by atoms with Gasteiger partial charge in [0.2, 0.25) is 0 Å². The summed E-state index contributed by atoms with van der Waals surface area (Å²) in [5, 5.41) is 2.69. The van der Waals surface area contributed by atoms with E-state index >= 15 is 0 Å². The van der Waals surface area contributed by atoms with Crippen LogP contribution in [0.5, 0.6) is 0 Å². The number of unbranched alkanes of at least 4 members (excludes halogenated alkanes) is 2. The molecule has 0 heterocycles. The van der Waals surface area contributed by atoms with Crippen molar-refractivity contribution in [3.05, 3.63) is 7.73 Å². The van der Waals surface area contributed by atoms with Gasteiger partial charge in [0.05, 0.1) is 0 Å². The van der Waals surface area contributed by atoms with Gasteiger partial charge in [-0.15, -0.1) is 0 Å². The first kappa shape index (κ1) is 17.4. The van der Waals surface area contributed by atoms with E-state index in [0.29, 0.717) is 29.9 Å². The molecular weight excluding hydrogens is 370 g/mol. The second-order valence-electron chi connectivity index (χ2n) is 3.40. The van der Waals surface area contributed by atoms with E-state index in [1.165, 1.54) is 46.0 Å². The van der Waals surface area contributed by atoms with Gasteiger partial charge in [-0.3, -0.25) is 0 Å². The number of thioether (sulfide) groups is 1. The van der Waals surface area contributed by atoms with Crippen LogP contribution >= 0.6 is 23.4 Å². The van der Waals surface area contributed by atoms with Crippen LogP contribution in [0, 0.1) is 0 Å². The van der Waals surface area contributed by atoms with Gasteiger partial charge in [-0.1, -0.05) is 0 Å². The first-order valence-electron chi connectivity index (χ1n) is 6.04. The summed E-state index contributed by atoms with van der Waals surface area (Å²) in [6.07, 6.45) is 5.30. The van der Waals surface area contributed by atoms with Crippen molar-refractivity contribution in [1.82, 2.24) is 0 Å². The Morgan fingerprint density at radius 1 is 1.00 bits per heavy atom. The molecule has 0 atom stereocenters. The predicted molar refractivity (Wildman–Crippen MR) is 81.9 cm³/mol. The summed E-state index contributed by atoms with van der Waals surface area (Å²) in [4.78, 5) is 0. The molecule has 0 aliphatic heterocycles. The molecule has 0 saturated carbocycles. The van der Waals surface area contributed by atoms with E-state index in [1.54, 1.807) is 3.80 Å². The number of halogens is 1. The molecule has 0 amide bonds. The molecule has 0 radical (unpaired) electrons. The Morgan fingerprint density at radius 3 is 2.06 bits per heavy atom. The van der Waals surface area contributed by atoms with Crippen LogP contribution in [-0.4, -0.2) is 35.7 Å². The number of rotatable bonds is 10. The fourth-order valence-corrected chi connectivity index (χ4v) is 9.00. The summed E-state index contributed by atoms with van der Waals surface area (Å²) < 4.78 is 2.77. The minimum absolute atomic E-state index is 0.545. The van der Waals surface area contributed by atoms with Crippen LogP contribution in [0.3, 0.4) is 0 Å². The van der Waals surface area contributed by atoms with Crippen LogP contribution in [-0.2, 0) is 0 Å². The summed E-state index contributed by atoms with van der Waals surface area (Å²) in [6, 6.07) is 0. The van der Waals surface area contributed by atoms with Crippen molar-refractivity contribution < 1.29 is 0 Å². The van der Waals surface area contributed by atoms with Crippen LogP contribution in [0.4, 0.5) is 0 Å². The molecule has 4 heteroatoms. The molecular formula is C12H23ClSSe2. The zero-order valence-electron chi connectivity index (χ0n) is 10.6. The zero-order valence-corrected chi connectivity index (χ0v) is 15.6. The standard InChI is InChI=1S/C12H23ClSSe2/c1-4-7-9-15-11(13)12(14-6-3)16-10-8-5-2/h4-10H2,1-3H3/b12-11+. The monoisotopic (exact) mass is 394 g/mol. The third kappa shape index (κ3) is 9.45. The van der Waals surface area contributed by atoms with Crippen molar-refractivity contribution in [3.63, 3.8) is 0 Å². The van der Waals surface area contributed by atoms with E-state index < -0.39 is 0 Å². The Bertz CT molecular complexity index is 195. The van der Waals surface area contributed by atoms with Gasteiger partial charge in [0, 0.05) is 0 Å². The normalized spacial score (nSPS) is 12.8. The molecule has 0 saturated heterocycles. The Hall–Kier alpha value is 1.42. The second-order valence-corrected chi connectivity index (χ2v) is 10.8. The van der Waals surface area contributed by atoms with Crippen molar-refractivity contribution in [3.8, 4) is 0 Å². The van der Waals surface area contributed by atoms with Gasteiger partial charge in [-0.25, -0.2) is 0 Å². The van der Waals surface area contributed by atoms with E-state index in [9.17, 15) is 0 Å². The average Bonchev–Trinajstić information content (AvgIpc) is 2.28. The van der Waals surface area contributed by atoms with Gasteiger partial charge in [0.1, 0.15) is 0 Å². The minimum atomic E-state index is 0.545. The van der Waals surface area contributed by atoms with Crippen LogP contribution in [0.25, 0.3) is 0 Å². The SMILES string of the molecule is CCCC[Se]/C(Cl)=C(\SCC)[Se]CCCC. The van der Waals surface area contributed by atoms with Gasteiger partial charge in [0.25, 0.3) is 0 Å². The second kappa shape index (κ2) is 12.9. The third-order valence-corrected chi connectivity index (χ3v) is 10.1. The number of hydrogen-bond donors (Lipinski definition) is 0. The summed E-state index contributed by atoms with van der Waals surface area (Å²) in [7, 11) is 0. The maximum atomic E-state index is 6.44. The molecule has 0 aromatic heterocycles. The van der Waals surface area contributed by atoms with Gasteiger partial charge < -0.3 is 0 Å². The number of hydrogen-bond acceptors (Lipinski definition) is 1.